The first kappa shape index (κ1) is 14.9. The molecule has 102 valence electrons. The molecule has 0 aromatic carbocycles. The number of hydrogen-bond donors (Lipinski definition) is 1. The number of nitrogens with one attached hydrogen (secondary N) is 1. The van der Waals surface area contributed by atoms with Gasteiger partial charge in [-0.25, -0.2) is 0 Å². The Morgan fingerprint density at radius 2 is 1.88 bits per heavy atom. The zero-order valence-electron chi connectivity index (χ0n) is 11.9. The van der Waals surface area contributed by atoms with Crippen LogP contribution >= 0.6 is 0 Å². The van der Waals surface area contributed by atoms with E-state index in [0.717, 1.165) is 26.1 Å². The Hall–Kier alpha value is -0.120. The Kier molecular flexibility index (Phi) is 7.82. The maximum atomic E-state index is 5.94. The van der Waals surface area contributed by atoms with Gasteiger partial charge in [0.15, 0.2) is 0 Å². The fraction of sp³-hybridized carbons (Fsp3) is 1.00. The van der Waals surface area contributed by atoms with Crippen molar-refractivity contribution in [1.29, 1.82) is 0 Å². The Morgan fingerprint density at radius 1 is 1.18 bits per heavy atom. The van der Waals surface area contributed by atoms with Crippen LogP contribution < -0.4 is 5.32 Å². The Labute approximate surface area is 107 Å². The standard InChI is InChI=1S/C14H30N2O/c1-4-14(12-15-13(2)3)17-11-10-16-8-6-5-7-9-16/h13-15H,4-12H2,1-3H3. The summed E-state index contributed by atoms with van der Waals surface area (Å²) in [7, 11) is 0. The van der Waals surface area contributed by atoms with Gasteiger partial charge >= 0.3 is 0 Å². The van der Waals surface area contributed by atoms with Crippen LogP contribution in [0.5, 0.6) is 0 Å². The molecule has 0 bridgehead atoms. The van der Waals surface area contributed by atoms with Crippen LogP contribution in [0.25, 0.3) is 0 Å². The van der Waals surface area contributed by atoms with E-state index in [9.17, 15) is 0 Å². The Bertz CT molecular complexity index is 179. The minimum Gasteiger partial charge on any atom is -0.376 e. The summed E-state index contributed by atoms with van der Waals surface area (Å²) in [5.74, 6) is 0. The third-order valence-corrected chi connectivity index (χ3v) is 3.42. The summed E-state index contributed by atoms with van der Waals surface area (Å²) in [5.41, 5.74) is 0. The molecule has 1 fully saturated rings. The van der Waals surface area contributed by atoms with Gasteiger partial charge in [-0.05, 0) is 32.4 Å². The van der Waals surface area contributed by atoms with Gasteiger partial charge in [0.05, 0.1) is 12.7 Å². The number of rotatable bonds is 8. The highest BCUT2D eigenvalue weighted by molar-refractivity contribution is 4.66. The van der Waals surface area contributed by atoms with Gasteiger partial charge in [-0.3, -0.25) is 0 Å². The van der Waals surface area contributed by atoms with E-state index in [2.05, 4.69) is 31.0 Å². The molecule has 0 aromatic rings. The Morgan fingerprint density at radius 3 is 2.47 bits per heavy atom. The molecule has 1 heterocycles. The first-order chi connectivity index (χ1) is 8.22. The summed E-state index contributed by atoms with van der Waals surface area (Å²) >= 11 is 0. The molecular weight excluding hydrogens is 212 g/mol. The molecule has 1 rings (SSSR count). The molecule has 0 radical (unpaired) electrons. The molecule has 0 amide bonds. The third kappa shape index (κ3) is 7.02. The maximum absolute atomic E-state index is 5.94. The lowest BCUT2D eigenvalue weighted by Gasteiger charge is -2.27. The Balaban J connectivity index is 2.05. The lowest BCUT2D eigenvalue weighted by atomic mass is 10.1. The fourth-order valence-electron chi connectivity index (χ4n) is 2.22. The highest BCUT2D eigenvalue weighted by atomic mass is 16.5. The smallest absolute Gasteiger partial charge is 0.0697 e. The van der Waals surface area contributed by atoms with Crippen LogP contribution in [0, 0.1) is 0 Å². The molecule has 3 nitrogen and oxygen atoms in total. The van der Waals surface area contributed by atoms with E-state index in [1.54, 1.807) is 0 Å². The molecule has 1 aliphatic heterocycles. The van der Waals surface area contributed by atoms with E-state index in [4.69, 9.17) is 4.74 Å². The number of likely N-dealkylation sites (tertiary alicyclic amines) is 1. The van der Waals surface area contributed by atoms with Crippen molar-refractivity contribution in [3.8, 4) is 0 Å². The zero-order chi connectivity index (χ0) is 12.5. The maximum Gasteiger partial charge on any atom is 0.0697 e. The topological polar surface area (TPSA) is 24.5 Å². The normalized spacial score (nSPS) is 19.8. The highest BCUT2D eigenvalue weighted by Crippen LogP contribution is 2.08. The third-order valence-electron chi connectivity index (χ3n) is 3.42. The first-order valence-electron chi connectivity index (χ1n) is 7.29. The molecule has 1 aliphatic rings. The molecule has 0 aliphatic carbocycles. The van der Waals surface area contributed by atoms with Crippen molar-refractivity contribution in [2.45, 2.75) is 58.6 Å². The van der Waals surface area contributed by atoms with Gasteiger partial charge in [-0.2, -0.15) is 0 Å². The lowest BCUT2D eigenvalue weighted by Crippen LogP contribution is -2.36. The van der Waals surface area contributed by atoms with E-state index in [1.807, 2.05) is 0 Å². The summed E-state index contributed by atoms with van der Waals surface area (Å²) < 4.78 is 5.94. The zero-order valence-corrected chi connectivity index (χ0v) is 11.9. The molecule has 0 saturated carbocycles. The SMILES string of the molecule is CCC(CNC(C)C)OCCN1CCCCC1. The fourth-order valence-corrected chi connectivity index (χ4v) is 2.22. The number of ether oxygens (including phenoxy) is 1. The quantitative estimate of drug-likeness (QED) is 0.706. The van der Waals surface area contributed by atoms with E-state index in [1.165, 1.54) is 32.4 Å². The molecule has 17 heavy (non-hydrogen) atoms. The van der Waals surface area contributed by atoms with Gasteiger partial charge in [0.2, 0.25) is 0 Å². The van der Waals surface area contributed by atoms with Crippen LogP contribution in [0.1, 0.15) is 46.5 Å². The predicted octanol–water partition coefficient (Wildman–Crippen LogP) is 2.27. The minimum absolute atomic E-state index is 0.377. The molecule has 0 aromatic heterocycles. The second-order valence-corrected chi connectivity index (χ2v) is 5.37. The molecule has 1 unspecified atom stereocenters. The van der Waals surface area contributed by atoms with Crippen molar-refractivity contribution in [2.75, 3.05) is 32.8 Å². The molecule has 1 atom stereocenters. The summed E-state index contributed by atoms with van der Waals surface area (Å²) in [6.45, 7) is 12.1. The molecule has 0 spiro atoms. The van der Waals surface area contributed by atoms with Crippen LogP contribution in [-0.2, 0) is 4.74 Å². The summed E-state index contributed by atoms with van der Waals surface area (Å²) in [4.78, 5) is 2.53. The van der Waals surface area contributed by atoms with E-state index in [-0.39, 0.29) is 0 Å². The van der Waals surface area contributed by atoms with Crippen molar-refractivity contribution in [3.05, 3.63) is 0 Å². The molecule has 3 heteroatoms. The first-order valence-corrected chi connectivity index (χ1v) is 7.29. The van der Waals surface area contributed by atoms with Crippen LogP contribution in [0.4, 0.5) is 0 Å². The average molecular weight is 242 g/mol. The van der Waals surface area contributed by atoms with Crippen LogP contribution in [-0.4, -0.2) is 49.8 Å². The van der Waals surface area contributed by atoms with Gasteiger partial charge in [-0.1, -0.05) is 27.2 Å². The monoisotopic (exact) mass is 242 g/mol. The van der Waals surface area contributed by atoms with Crippen LogP contribution in [0.2, 0.25) is 0 Å². The number of nitrogens with zero attached hydrogens (tertiary/aromatic N) is 1. The molecule has 1 saturated heterocycles. The van der Waals surface area contributed by atoms with Crippen molar-refractivity contribution < 1.29 is 4.74 Å². The van der Waals surface area contributed by atoms with Gasteiger partial charge in [0.25, 0.3) is 0 Å². The number of piperidine rings is 1. The second kappa shape index (κ2) is 8.90. The molecular formula is C14H30N2O. The summed E-state index contributed by atoms with van der Waals surface area (Å²) in [5, 5.41) is 3.45. The van der Waals surface area contributed by atoms with Crippen molar-refractivity contribution in [1.82, 2.24) is 10.2 Å². The lowest BCUT2D eigenvalue weighted by molar-refractivity contribution is 0.0317. The van der Waals surface area contributed by atoms with E-state index in [0.29, 0.717) is 12.1 Å². The van der Waals surface area contributed by atoms with Crippen molar-refractivity contribution >= 4 is 0 Å². The van der Waals surface area contributed by atoms with Gasteiger partial charge < -0.3 is 15.0 Å². The van der Waals surface area contributed by atoms with Crippen molar-refractivity contribution in [2.24, 2.45) is 0 Å². The highest BCUT2D eigenvalue weighted by Gasteiger charge is 2.11. The van der Waals surface area contributed by atoms with Gasteiger partial charge in [0.1, 0.15) is 0 Å². The van der Waals surface area contributed by atoms with Crippen molar-refractivity contribution in [3.63, 3.8) is 0 Å². The number of hydrogen-bond acceptors (Lipinski definition) is 3. The van der Waals surface area contributed by atoms with Gasteiger partial charge in [0, 0.05) is 19.1 Å². The second-order valence-electron chi connectivity index (χ2n) is 5.37. The van der Waals surface area contributed by atoms with Gasteiger partial charge in [-0.15, -0.1) is 0 Å². The van der Waals surface area contributed by atoms with E-state index >= 15 is 0 Å². The van der Waals surface area contributed by atoms with Crippen LogP contribution in [0.15, 0.2) is 0 Å². The van der Waals surface area contributed by atoms with E-state index < -0.39 is 0 Å². The summed E-state index contributed by atoms with van der Waals surface area (Å²) in [6, 6.07) is 0.551. The largest absolute Gasteiger partial charge is 0.376 e. The molecule has 1 N–H and O–H groups in total. The minimum atomic E-state index is 0.377. The van der Waals surface area contributed by atoms with Crippen LogP contribution in [0.3, 0.4) is 0 Å². The average Bonchev–Trinajstić information content (AvgIpc) is 2.34. The summed E-state index contributed by atoms with van der Waals surface area (Å²) in [6.07, 6.45) is 5.62. The predicted molar refractivity (Wildman–Crippen MR) is 73.5 cm³/mol.